The lowest BCUT2D eigenvalue weighted by Gasteiger charge is -2.26. The van der Waals surface area contributed by atoms with E-state index in [4.69, 9.17) is 9.47 Å². The number of carbonyl (C=O) groups is 1. The van der Waals surface area contributed by atoms with Crippen LogP contribution >= 0.6 is 0 Å². The van der Waals surface area contributed by atoms with E-state index in [1.54, 1.807) is 18.2 Å². The quantitative estimate of drug-likeness (QED) is 0.711. The van der Waals surface area contributed by atoms with Gasteiger partial charge in [0.2, 0.25) is 5.91 Å². The Kier molecular flexibility index (Phi) is 5.43. The Bertz CT molecular complexity index is 1090. The number of nitrogens with zero attached hydrogens (tertiary/aromatic N) is 1. The third-order valence-corrected chi connectivity index (χ3v) is 5.24. The van der Waals surface area contributed by atoms with E-state index in [2.05, 4.69) is 10.3 Å². The molecule has 0 spiro atoms. The highest BCUT2D eigenvalue weighted by atomic mass is 19.4. The summed E-state index contributed by atoms with van der Waals surface area (Å²) in [4.78, 5) is 16.3. The summed E-state index contributed by atoms with van der Waals surface area (Å²) in [5.74, 6) is -0.385. The summed E-state index contributed by atoms with van der Waals surface area (Å²) in [5, 5.41) is 2.74. The zero-order chi connectivity index (χ0) is 22.2. The highest BCUT2D eigenvalue weighted by molar-refractivity contribution is 6.12. The van der Waals surface area contributed by atoms with Gasteiger partial charge in [-0.05, 0) is 29.8 Å². The number of nitrogens with one attached hydrogen (secondary N) is 1. The van der Waals surface area contributed by atoms with Gasteiger partial charge < -0.3 is 14.8 Å². The van der Waals surface area contributed by atoms with Crippen molar-refractivity contribution in [2.24, 2.45) is 4.99 Å². The lowest BCUT2D eigenvalue weighted by atomic mass is 9.85. The van der Waals surface area contributed by atoms with E-state index in [0.29, 0.717) is 12.4 Å². The summed E-state index contributed by atoms with van der Waals surface area (Å²) in [5.41, 5.74) is 0.0246. The van der Waals surface area contributed by atoms with Gasteiger partial charge in [0.05, 0.1) is 19.2 Å². The molecular formula is C22H18F4N2O3. The number of methoxy groups -OCH3 is 1. The minimum Gasteiger partial charge on any atom is -0.493 e. The maximum Gasteiger partial charge on any atom is 0.416 e. The minimum atomic E-state index is -4.70. The van der Waals surface area contributed by atoms with Crippen LogP contribution in [0.15, 0.2) is 53.0 Å². The van der Waals surface area contributed by atoms with E-state index in [0.717, 1.165) is 29.3 Å². The van der Waals surface area contributed by atoms with Crippen LogP contribution in [0, 0.1) is 5.82 Å². The second kappa shape index (κ2) is 8.05. The number of piperidine rings is 1. The molecule has 1 saturated heterocycles. The Morgan fingerprint density at radius 1 is 1.19 bits per heavy atom. The fraction of sp³-hybridized carbons (Fsp3) is 0.273. The smallest absolute Gasteiger partial charge is 0.416 e. The molecule has 1 N–H and O–H groups in total. The van der Waals surface area contributed by atoms with Crippen molar-refractivity contribution < 1.29 is 31.8 Å². The van der Waals surface area contributed by atoms with Crippen molar-refractivity contribution in [2.75, 3.05) is 13.7 Å². The number of rotatable bonds is 5. The third kappa shape index (κ3) is 4.12. The van der Waals surface area contributed by atoms with E-state index in [1.807, 2.05) is 6.08 Å². The molecule has 2 aliphatic heterocycles. The Balaban J connectivity index is 1.59. The van der Waals surface area contributed by atoms with Crippen molar-refractivity contribution in [3.8, 4) is 11.5 Å². The van der Waals surface area contributed by atoms with E-state index < -0.39 is 29.7 Å². The van der Waals surface area contributed by atoms with E-state index in [9.17, 15) is 22.4 Å². The molecule has 0 saturated carbocycles. The van der Waals surface area contributed by atoms with Crippen molar-refractivity contribution in [2.45, 2.75) is 25.1 Å². The molecule has 0 aromatic heterocycles. The number of benzene rings is 2. The van der Waals surface area contributed by atoms with Crippen LogP contribution in [0.1, 0.15) is 29.0 Å². The van der Waals surface area contributed by atoms with Crippen LogP contribution in [-0.2, 0) is 17.6 Å². The van der Waals surface area contributed by atoms with Gasteiger partial charge in [-0.1, -0.05) is 18.2 Å². The monoisotopic (exact) mass is 434 g/mol. The zero-order valence-corrected chi connectivity index (χ0v) is 16.4. The number of hydrogen-bond acceptors (Lipinski definition) is 4. The summed E-state index contributed by atoms with van der Waals surface area (Å²) in [6.07, 6.45) is -2.53. The Morgan fingerprint density at radius 3 is 2.74 bits per heavy atom. The highest BCUT2D eigenvalue weighted by Crippen LogP contribution is 2.39. The number of alkyl halides is 3. The van der Waals surface area contributed by atoms with Crippen LogP contribution in [0.3, 0.4) is 0 Å². The summed E-state index contributed by atoms with van der Waals surface area (Å²) in [7, 11) is 1.39. The molecule has 2 aliphatic rings. The number of halogens is 4. The average molecular weight is 434 g/mol. The van der Waals surface area contributed by atoms with Crippen LogP contribution in [0.25, 0.3) is 0 Å². The van der Waals surface area contributed by atoms with Gasteiger partial charge in [-0.2, -0.15) is 13.2 Å². The Labute approximate surface area is 175 Å². The molecule has 1 fully saturated rings. The van der Waals surface area contributed by atoms with Crippen molar-refractivity contribution >= 4 is 11.7 Å². The summed E-state index contributed by atoms with van der Waals surface area (Å²) in [6.45, 7) is -0.130. The first-order valence-corrected chi connectivity index (χ1v) is 9.48. The first-order chi connectivity index (χ1) is 14.8. The minimum absolute atomic E-state index is 0.152. The maximum atomic E-state index is 14.1. The van der Waals surface area contributed by atoms with Gasteiger partial charge in [-0.25, -0.2) is 4.39 Å². The van der Waals surface area contributed by atoms with Crippen molar-refractivity contribution in [3.05, 3.63) is 70.6 Å². The third-order valence-electron chi connectivity index (χ3n) is 5.24. The largest absolute Gasteiger partial charge is 0.493 e. The van der Waals surface area contributed by atoms with Crippen LogP contribution < -0.4 is 14.8 Å². The fourth-order valence-electron chi connectivity index (χ4n) is 3.76. The molecule has 4 rings (SSSR count). The van der Waals surface area contributed by atoms with Crippen molar-refractivity contribution in [1.29, 1.82) is 0 Å². The highest BCUT2D eigenvalue weighted by Gasteiger charge is 2.35. The second-order valence-electron chi connectivity index (χ2n) is 7.12. The molecule has 9 heteroatoms. The van der Waals surface area contributed by atoms with Gasteiger partial charge in [0.15, 0.2) is 11.5 Å². The molecule has 0 radical (unpaired) electrons. The normalized spacial score (nSPS) is 18.1. The van der Waals surface area contributed by atoms with Gasteiger partial charge in [-0.15, -0.1) is 0 Å². The fourth-order valence-corrected chi connectivity index (χ4v) is 3.76. The molecule has 0 aliphatic carbocycles. The molecule has 2 aromatic carbocycles. The Morgan fingerprint density at radius 2 is 2.00 bits per heavy atom. The van der Waals surface area contributed by atoms with E-state index in [1.165, 1.54) is 7.11 Å². The molecule has 0 bridgehead atoms. The van der Waals surface area contributed by atoms with Crippen LogP contribution in [0.2, 0.25) is 0 Å². The molecule has 1 amide bonds. The molecule has 1 unspecified atom stereocenters. The van der Waals surface area contributed by atoms with Crippen LogP contribution in [0.4, 0.5) is 17.6 Å². The molecule has 2 heterocycles. The first-order valence-electron chi connectivity index (χ1n) is 9.48. The van der Waals surface area contributed by atoms with E-state index in [-0.39, 0.29) is 29.7 Å². The number of hydrogen-bond donors (Lipinski definition) is 1. The molecular weight excluding hydrogens is 416 g/mol. The molecule has 1 atom stereocenters. The number of ether oxygens (including phenoxy) is 2. The number of fused-ring (bicyclic) bond motifs is 1. The second-order valence-corrected chi connectivity index (χ2v) is 7.12. The lowest BCUT2D eigenvalue weighted by Crippen LogP contribution is -2.38. The summed E-state index contributed by atoms with van der Waals surface area (Å²) < 4.78 is 64.5. The SMILES string of the molecule is COc1cc(C2CC(=O)NC3=NCC=C32)ccc1OCc1c(F)cccc1C(F)(F)F. The van der Waals surface area contributed by atoms with Crippen molar-refractivity contribution in [3.63, 3.8) is 0 Å². The number of carbonyl (C=O) groups excluding carboxylic acids is 1. The topological polar surface area (TPSA) is 59.9 Å². The molecule has 5 nitrogen and oxygen atoms in total. The summed E-state index contributed by atoms with van der Waals surface area (Å²) >= 11 is 0. The zero-order valence-electron chi connectivity index (χ0n) is 16.4. The molecule has 31 heavy (non-hydrogen) atoms. The predicted octanol–water partition coefficient (Wildman–Crippen LogP) is 4.37. The number of amides is 1. The van der Waals surface area contributed by atoms with E-state index >= 15 is 0 Å². The van der Waals surface area contributed by atoms with Gasteiger partial charge in [0, 0.05) is 23.5 Å². The van der Waals surface area contributed by atoms with Gasteiger partial charge in [-0.3, -0.25) is 9.79 Å². The average Bonchev–Trinajstić information content (AvgIpc) is 3.19. The summed E-state index contributed by atoms with van der Waals surface area (Å²) in [6, 6.07) is 7.70. The van der Waals surface area contributed by atoms with Gasteiger partial charge >= 0.3 is 6.18 Å². The van der Waals surface area contributed by atoms with Gasteiger partial charge in [0.1, 0.15) is 18.3 Å². The first kappa shape index (κ1) is 20.9. The molecule has 162 valence electrons. The lowest BCUT2D eigenvalue weighted by molar-refractivity contribution is -0.138. The van der Waals surface area contributed by atoms with Gasteiger partial charge in [0.25, 0.3) is 0 Å². The standard InChI is InChI=1S/C22H18F4N2O3/c1-30-19-9-12(14-10-20(29)28-21-13(14)7-8-27-21)5-6-18(19)31-11-15-16(22(24,25)26)3-2-4-17(15)23/h2-7,9,14H,8,10-11H2,1H3,(H,27,28,29). The Hall–Kier alpha value is -3.36. The molecule has 2 aromatic rings. The van der Waals surface area contributed by atoms with Crippen LogP contribution in [-0.4, -0.2) is 25.4 Å². The van der Waals surface area contributed by atoms with Crippen LogP contribution in [0.5, 0.6) is 11.5 Å². The predicted molar refractivity (Wildman–Crippen MR) is 105 cm³/mol. The number of amidine groups is 1. The number of aliphatic imine (C=N–C) groups is 1. The van der Waals surface area contributed by atoms with Crippen molar-refractivity contribution in [1.82, 2.24) is 5.32 Å². The maximum absolute atomic E-state index is 14.1.